The van der Waals surface area contributed by atoms with Gasteiger partial charge >= 0.3 is 0 Å². The van der Waals surface area contributed by atoms with Crippen molar-refractivity contribution in [1.82, 2.24) is 19.6 Å². The second kappa shape index (κ2) is 2.94. The van der Waals surface area contributed by atoms with Crippen LogP contribution >= 0.6 is 11.5 Å². The lowest BCUT2D eigenvalue weighted by atomic mass is 10.4. The second-order valence-corrected chi connectivity index (χ2v) is 2.95. The summed E-state index contributed by atoms with van der Waals surface area (Å²) in [5.41, 5.74) is 0.749. The van der Waals surface area contributed by atoms with Crippen molar-refractivity contribution in [3.05, 3.63) is 24.2 Å². The van der Waals surface area contributed by atoms with Gasteiger partial charge in [-0.15, -0.1) is 10.2 Å². The fraction of sp³-hybridized carbons (Fsp3) is 0.143. The molecule has 0 unspecified atom stereocenters. The molecule has 2 aromatic rings. The van der Waals surface area contributed by atoms with Crippen molar-refractivity contribution in [2.75, 3.05) is 0 Å². The van der Waals surface area contributed by atoms with Gasteiger partial charge in [0.2, 0.25) is 0 Å². The predicted molar refractivity (Wildman–Crippen MR) is 44.5 cm³/mol. The van der Waals surface area contributed by atoms with E-state index in [9.17, 15) is 0 Å². The van der Waals surface area contributed by atoms with E-state index in [1.165, 1.54) is 11.5 Å². The van der Waals surface area contributed by atoms with E-state index in [1.807, 2.05) is 13.0 Å². The van der Waals surface area contributed by atoms with Gasteiger partial charge in [-0.2, -0.15) is 4.37 Å². The maximum atomic E-state index is 4.17. The Bertz CT molecular complexity index is 370. The van der Waals surface area contributed by atoms with Crippen LogP contribution in [-0.4, -0.2) is 19.6 Å². The summed E-state index contributed by atoms with van der Waals surface area (Å²) in [5.74, 6) is 0.768. The number of aryl methyl sites for hydroxylation is 1. The first kappa shape index (κ1) is 7.30. The van der Waals surface area contributed by atoms with Crippen LogP contribution in [0.2, 0.25) is 0 Å². The molecule has 2 aromatic heterocycles. The van der Waals surface area contributed by atoms with Gasteiger partial charge in [-0.3, -0.25) is 0 Å². The first-order valence-electron chi connectivity index (χ1n) is 3.37. The van der Waals surface area contributed by atoms with E-state index in [1.54, 1.807) is 6.07 Å². The molecular weight excluding hydrogens is 172 g/mol. The number of aromatic nitrogens is 4. The summed E-state index contributed by atoms with van der Waals surface area (Å²) in [6.45, 7) is 1.85. The van der Waals surface area contributed by atoms with Crippen molar-refractivity contribution in [1.29, 1.82) is 0 Å². The molecule has 0 fully saturated rings. The normalized spacial score (nSPS) is 10.1. The summed E-state index contributed by atoms with van der Waals surface area (Å²) in [5, 5.41) is 8.30. The number of nitrogens with zero attached hydrogens (tertiary/aromatic N) is 4. The highest BCUT2D eigenvalue weighted by atomic mass is 32.1. The molecule has 0 saturated carbocycles. The van der Waals surface area contributed by atoms with Crippen LogP contribution in [0.4, 0.5) is 0 Å². The SMILES string of the molecule is Cc1nsc(-c2cc[c]nn2)n1. The zero-order valence-corrected chi connectivity index (χ0v) is 7.17. The Morgan fingerprint density at radius 2 is 2.42 bits per heavy atom. The predicted octanol–water partition coefficient (Wildman–Crippen LogP) is 1.10. The van der Waals surface area contributed by atoms with Crippen LogP contribution in [0.5, 0.6) is 0 Å². The topological polar surface area (TPSA) is 51.6 Å². The first-order chi connectivity index (χ1) is 5.86. The first-order valence-corrected chi connectivity index (χ1v) is 4.14. The van der Waals surface area contributed by atoms with E-state index in [4.69, 9.17) is 0 Å². The van der Waals surface area contributed by atoms with Gasteiger partial charge in [-0.05, 0) is 30.6 Å². The molecule has 0 aromatic carbocycles. The Morgan fingerprint density at radius 1 is 1.50 bits per heavy atom. The second-order valence-electron chi connectivity index (χ2n) is 2.19. The van der Waals surface area contributed by atoms with Gasteiger partial charge in [0.25, 0.3) is 0 Å². The minimum atomic E-state index is 0.749. The quantitative estimate of drug-likeness (QED) is 0.654. The molecule has 1 radical (unpaired) electrons. The molecule has 0 atom stereocenters. The van der Waals surface area contributed by atoms with Crippen molar-refractivity contribution in [3.8, 4) is 10.7 Å². The van der Waals surface area contributed by atoms with Crippen LogP contribution < -0.4 is 0 Å². The molecule has 12 heavy (non-hydrogen) atoms. The van der Waals surface area contributed by atoms with E-state index >= 15 is 0 Å². The van der Waals surface area contributed by atoms with E-state index < -0.39 is 0 Å². The third-order valence-electron chi connectivity index (χ3n) is 1.28. The monoisotopic (exact) mass is 177 g/mol. The molecule has 2 rings (SSSR count). The third-order valence-corrected chi connectivity index (χ3v) is 2.11. The van der Waals surface area contributed by atoms with Crippen LogP contribution in [-0.2, 0) is 0 Å². The maximum Gasteiger partial charge on any atom is 0.164 e. The Kier molecular flexibility index (Phi) is 1.79. The number of hydrogen-bond donors (Lipinski definition) is 0. The van der Waals surface area contributed by atoms with Gasteiger partial charge in [-0.25, -0.2) is 4.98 Å². The van der Waals surface area contributed by atoms with Crippen LogP contribution in [0.3, 0.4) is 0 Å². The smallest absolute Gasteiger partial charge is 0.164 e. The Labute approximate surface area is 73.5 Å². The summed E-state index contributed by atoms with van der Waals surface area (Å²) in [7, 11) is 0. The average Bonchev–Trinajstić information content (AvgIpc) is 2.54. The highest BCUT2D eigenvalue weighted by Crippen LogP contribution is 2.16. The molecule has 0 amide bonds. The van der Waals surface area contributed by atoms with Crippen LogP contribution in [0.15, 0.2) is 12.1 Å². The van der Waals surface area contributed by atoms with Crippen molar-refractivity contribution in [2.45, 2.75) is 6.92 Å². The molecule has 0 saturated heterocycles. The van der Waals surface area contributed by atoms with Gasteiger partial charge in [-0.1, -0.05) is 0 Å². The summed E-state index contributed by atoms with van der Waals surface area (Å²) in [6.07, 6.45) is 2.60. The molecule has 0 aliphatic carbocycles. The molecule has 4 nitrogen and oxygen atoms in total. The fourth-order valence-electron chi connectivity index (χ4n) is 0.781. The van der Waals surface area contributed by atoms with Crippen molar-refractivity contribution >= 4 is 11.5 Å². The maximum absolute atomic E-state index is 4.17. The van der Waals surface area contributed by atoms with Gasteiger partial charge in [0.15, 0.2) is 5.01 Å². The minimum Gasteiger partial charge on any atom is -0.218 e. The highest BCUT2D eigenvalue weighted by molar-refractivity contribution is 7.09. The lowest BCUT2D eigenvalue weighted by Gasteiger charge is -1.88. The molecular formula is C7H5N4S. The van der Waals surface area contributed by atoms with Crippen LogP contribution in [0, 0.1) is 13.1 Å². The van der Waals surface area contributed by atoms with Crippen LogP contribution in [0.25, 0.3) is 10.7 Å². The molecule has 0 N–H and O–H groups in total. The minimum absolute atomic E-state index is 0.749. The molecule has 59 valence electrons. The molecule has 5 heteroatoms. The van der Waals surface area contributed by atoms with Gasteiger partial charge in [0.05, 0.1) is 0 Å². The third kappa shape index (κ3) is 1.31. The van der Waals surface area contributed by atoms with Gasteiger partial charge in [0, 0.05) is 0 Å². The number of rotatable bonds is 1. The summed E-state index contributed by atoms with van der Waals surface area (Å²) >= 11 is 1.33. The van der Waals surface area contributed by atoms with Crippen molar-refractivity contribution in [3.63, 3.8) is 0 Å². The lowest BCUT2D eigenvalue weighted by molar-refractivity contribution is 1.02. The largest absolute Gasteiger partial charge is 0.218 e. The van der Waals surface area contributed by atoms with Crippen molar-refractivity contribution < 1.29 is 0 Å². The van der Waals surface area contributed by atoms with Crippen LogP contribution in [0.1, 0.15) is 5.82 Å². The summed E-state index contributed by atoms with van der Waals surface area (Å²) in [6, 6.07) is 3.52. The fourth-order valence-corrected chi connectivity index (χ4v) is 1.42. The van der Waals surface area contributed by atoms with E-state index in [-0.39, 0.29) is 0 Å². The Morgan fingerprint density at radius 3 is 3.00 bits per heavy atom. The van der Waals surface area contributed by atoms with E-state index in [0.29, 0.717) is 0 Å². The van der Waals surface area contributed by atoms with E-state index in [0.717, 1.165) is 16.5 Å². The highest BCUT2D eigenvalue weighted by Gasteiger charge is 2.03. The van der Waals surface area contributed by atoms with Gasteiger partial charge in [0.1, 0.15) is 17.7 Å². The molecule has 2 heterocycles. The Balaban J connectivity index is 2.45. The lowest BCUT2D eigenvalue weighted by Crippen LogP contribution is -1.84. The molecule has 0 spiro atoms. The molecule has 0 aliphatic rings. The zero-order chi connectivity index (χ0) is 8.39. The summed E-state index contributed by atoms with van der Waals surface area (Å²) < 4.78 is 4.05. The average molecular weight is 177 g/mol. The Hall–Kier alpha value is -1.36. The number of hydrogen-bond acceptors (Lipinski definition) is 5. The van der Waals surface area contributed by atoms with E-state index in [2.05, 4.69) is 25.8 Å². The summed E-state index contributed by atoms with van der Waals surface area (Å²) in [4.78, 5) is 4.17. The molecule has 0 bridgehead atoms. The standard InChI is InChI=1S/C7H5N4S/c1-5-9-7(12-11-5)6-3-2-4-8-10-6/h2-3H,1H3. The molecule has 0 aliphatic heterocycles. The van der Waals surface area contributed by atoms with Gasteiger partial charge < -0.3 is 0 Å². The zero-order valence-electron chi connectivity index (χ0n) is 6.35. The van der Waals surface area contributed by atoms with Crippen molar-refractivity contribution in [2.24, 2.45) is 0 Å².